The van der Waals surface area contributed by atoms with Crippen LogP contribution in [0.3, 0.4) is 0 Å². The van der Waals surface area contributed by atoms with Crippen LogP contribution in [0, 0.1) is 6.92 Å². The molecule has 0 aliphatic rings. The Hall–Kier alpha value is -2.74. The van der Waals surface area contributed by atoms with Crippen LogP contribution in [0.25, 0.3) is 11.5 Å². The van der Waals surface area contributed by atoms with Crippen molar-refractivity contribution in [3.63, 3.8) is 0 Å². The van der Waals surface area contributed by atoms with Gasteiger partial charge < -0.3 is 20.1 Å². The quantitative estimate of drug-likeness (QED) is 0.593. The minimum absolute atomic E-state index is 0.0531. The number of rotatable bonds is 5. The fraction of sp³-hybridized carbons (Fsp3) is 0.167. The van der Waals surface area contributed by atoms with Crippen LogP contribution < -0.4 is 5.32 Å². The molecule has 2 aromatic carbocycles. The zero-order valence-corrected chi connectivity index (χ0v) is 14.6. The number of carbonyl (C=O) groups excluding carboxylic acids is 1. The molecule has 0 fully saturated rings. The van der Waals surface area contributed by atoms with E-state index in [0.29, 0.717) is 21.8 Å². The topological polar surface area (TPSA) is 108 Å². The summed E-state index contributed by atoms with van der Waals surface area (Å²) in [6.07, 6.45) is -1.59. The average Bonchev–Trinajstić information content (AvgIpc) is 3.06. The van der Waals surface area contributed by atoms with E-state index in [1.54, 1.807) is 24.3 Å². The molecule has 8 heteroatoms. The smallest absolute Gasteiger partial charge is 0.257 e. The molecule has 3 N–H and O–H groups in total. The van der Waals surface area contributed by atoms with Crippen LogP contribution in [-0.2, 0) is 11.2 Å². The molecular formula is C18H16ClN3O4. The number of halogens is 1. The van der Waals surface area contributed by atoms with E-state index in [1.165, 1.54) is 12.1 Å². The molecule has 134 valence electrons. The highest BCUT2D eigenvalue weighted by atomic mass is 35.5. The second kappa shape index (κ2) is 7.65. The summed E-state index contributed by atoms with van der Waals surface area (Å²) in [6.45, 7) is 1.88. The van der Waals surface area contributed by atoms with Crippen molar-refractivity contribution in [1.82, 2.24) is 10.1 Å². The Morgan fingerprint density at radius 1 is 1.23 bits per heavy atom. The second-order valence-electron chi connectivity index (χ2n) is 5.70. The number of aliphatic hydroxyl groups is 2. The molecule has 1 heterocycles. The van der Waals surface area contributed by atoms with Crippen molar-refractivity contribution in [3.8, 4) is 11.5 Å². The summed E-state index contributed by atoms with van der Waals surface area (Å²) in [5.41, 5.74) is 2.48. The fourth-order valence-corrected chi connectivity index (χ4v) is 2.44. The average molecular weight is 374 g/mol. The number of nitrogens with zero attached hydrogens (tertiary/aromatic N) is 2. The molecule has 0 aliphatic carbocycles. The van der Waals surface area contributed by atoms with Crippen LogP contribution in [0.5, 0.6) is 0 Å². The third-order valence-corrected chi connectivity index (χ3v) is 4.11. The Balaban J connectivity index is 1.65. The lowest BCUT2D eigenvalue weighted by Gasteiger charge is -2.05. The van der Waals surface area contributed by atoms with Crippen molar-refractivity contribution in [2.75, 3.05) is 5.32 Å². The minimum Gasteiger partial charge on any atom is -0.364 e. The first-order valence-electron chi connectivity index (χ1n) is 7.77. The molecule has 0 aliphatic heterocycles. The first-order chi connectivity index (χ1) is 12.4. The van der Waals surface area contributed by atoms with Gasteiger partial charge in [0.1, 0.15) is 0 Å². The second-order valence-corrected chi connectivity index (χ2v) is 6.11. The van der Waals surface area contributed by atoms with Crippen molar-refractivity contribution in [1.29, 1.82) is 0 Å². The van der Waals surface area contributed by atoms with Crippen LogP contribution in [0.4, 0.5) is 5.69 Å². The van der Waals surface area contributed by atoms with Gasteiger partial charge in [0, 0.05) is 21.8 Å². The van der Waals surface area contributed by atoms with Crippen molar-refractivity contribution < 1.29 is 19.5 Å². The highest BCUT2D eigenvalue weighted by Gasteiger charge is 2.13. The lowest BCUT2D eigenvalue weighted by molar-refractivity contribution is -0.115. The number of benzene rings is 2. The molecule has 0 unspecified atom stereocenters. The van der Waals surface area contributed by atoms with Crippen molar-refractivity contribution in [2.24, 2.45) is 0 Å². The van der Waals surface area contributed by atoms with Gasteiger partial charge in [-0.3, -0.25) is 4.79 Å². The Labute approximate surface area is 154 Å². The van der Waals surface area contributed by atoms with Crippen LogP contribution in [0.1, 0.15) is 23.2 Å². The van der Waals surface area contributed by atoms with Gasteiger partial charge in [-0.1, -0.05) is 35.0 Å². The molecule has 1 amide bonds. The van der Waals surface area contributed by atoms with Gasteiger partial charge in [-0.15, -0.1) is 0 Å². The van der Waals surface area contributed by atoms with Crippen LogP contribution in [0.15, 0.2) is 47.0 Å². The van der Waals surface area contributed by atoms with Crippen LogP contribution in [-0.4, -0.2) is 26.3 Å². The Kier molecular flexibility index (Phi) is 5.32. The SMILES string of the molecule is Cc1ccc(NC(=O)Cc2noc(-c3ccc(C(O)O)cc3)n2)cc1Cl. The van der Waals surface area contributed by atoms with E-state index < -0.39 is 6.29 Å². The highest BCUT2D eigenvalue weighted by molar-refractivity contribution is 6.31. The van der Waals surface area contributed by atoms with E-state index in [0.717, 1.165) is 5.56 Å². The first-order valence-corrected chi connectivity index (χ1v) is 8.15. The van der Waals surface area contributed by atoms with Gasteiger partial charge in [-0.25, -0.2) is 0 Å². The summed E-state index contributed by atoms with van der Waals surface area (Å²) < 4.78 is 5.15. The Morgan fingerprint density at radius 3 is 2.62 bits per heavy atom. The molecular weight excluding hydrogens is 358 g/mol. The molecule has 0 atom stereocenters. The molecule has 7 nitrogen and oxygen atoms in total. The van der Waals surface area contributed by atoms with Gasteiger partial charge in [0.15, 0.2) is 12.1 Å². The predicted octanol–water partition coefficient (Wildman–Crippen LogP) is 2.86. The molecule has 0 saturated carbocycles. The fourth-order valence-electron chi connectivity index (χ4n) is 2.26. The van der Waals surface area contributed by atoms with Gasteiger partial charge in [0.25, 0.3) is 5.89 Å². The van der Waals surface area contributed by atoms with E-state index >= 15 is 0 Å². The van der Waals surface area contributed by atoms with Gasteiger partial charge in [0.2, 0.25) is 5.91 Å². The maximum absolute atomic E-state index is 12.1. The number of carbonyl (C=O) groups is 1. The third kappa shape index (κ3) is 4.26. The summed E-state index contributed by atoms with van der Waals surface area (Å²) in [6, 6.07) is 11.6. The largest absolute Gasteiger partial charge is 0.364 e. The maximum Gasteiger partial charge on any atom is 0.257 e. The van der Waals surface area contributed by atoms with Crippen molar-refractivity contribution >= 4 is 23.2 Å². The van der Waals surface area contributed by atoms with E-state index in [-0.39, 0.29) is 24.0 Å². The predicted molar refractivity (Wildman–Crippen MR) is 95.4 cm³/mol. The summed E-state index contributed by atoms with van der Waals surface area (Å²) in [5, 5.41) is 25.3. The van der Waals surface area contributed by atoms with Gasteiger partial charge in [0.05, 0.1) is 6.42 Å². The number of aryl methyl sites for hydroxylation is 1. The number of aromatic nitrogens is 2. The molecule has 3 aromatic rings. The standard InChI is InChI=1S/C18H16ClN3O4/c1-10-2-7-13(8-14(10)19)20-16(23)9-15-21-17(26-22-15)11-3-5-12(6-4-11)18(24)25/h2-8,18,24-25H,9H2,1H3,(H,20,23). The van der Waals surface area contributed by atoms with E-state index in [1.807, 2.05) is 13.0 Å². The number of anilines is 1. The summed E-state index contributed by atoms with van der Waals surface area (Å²) in [7, 11) is 0. The third-order valence-electron chi connectivity index (χ3n) is 3.70. The Morgan fingerprint density at radius 2 is 1.96 bits per heavy atom. The summed E-state index contributed by atoms with van der Waals surface area (Å²) in [4.78, 5) is 16.3. The number of aliphatic hydroxyl groups excluding tert-OH is 1. The molecule has 0 bridgehead atoms. The molecule has 3 rings (SSSR count). The molecule has 1 aromatic heterocycles. The number of amides is 1. The van der Waals surface area contributed by atoms with Gasteiger partial charge >= 0.3 is 0 Å². The van der Waals surface area contributed by atoms with E-state index in [2.05, 4.69) is 15.5 Å². The minimum atomic E-state index is -1.54. The summed E-state index contributed by atoms with van der Waals surface area (Å²) >= 11 is 6.04. The van der Waals surface area contributed by atoms with Crippen molar-refractivity contribution in [3.05, 3.63) is 64.4 Å². The molecule has 26 heavy (non-hydrogen) atoms. The maximum atomic E-state index is 12.1. The first kappa shape index (κ1) is 18.1. The van der Waals surface area contributed by atoms with Crippen molar-refractivity contribution in [2.45, 2.75) is 19.6 Å². The number of nitrogens with one attached hydrogen (secondary N) is 1. The van der Waals surface area contributed by atoms with E-state index in [9.17, 15) is 4.79 Å². The zero-order valence-electron chi connectivity index (χ0n) is 13.8. The zero-order chi connectivity index (χ0) is 18.7. The van der Waals surface area contributed by atoms with E-state index in [4.69, 9.17) is 26.3 Å². The normalized spacial score (nSPS) is 11.0. The summed E-state index contributed by atoms with van der Waals surface area (Å²) in [5.74, 6) is 0.183. The molecule has 0 radical (unpaired) electrons. The van der Waals surface area contributed by atoms with Crippen LogP contribution >= 0.6 is 11.6 Å². The van der Waals surface area contributed by atoms with Gasteiger partial charge in [-0.05, 0) is 36.8 Å². The lowest BCUT2D eigenvalue weighted by atomic mass is 10.1. The number of hydrogen-bond donors (Lipinski definition) is 3. The number of hydrogen-bond acceptors (Lipinski definition) is 6. The molecule has 0 saturated heterocycles. The van der Waals surface area contributed by atoms with Crippen LogP contribution in [0.2, 0.25) is 5.02 Å². The highest BCUT2D eigenvalue weighted by Crippen LogP contribution is 2.21. The lowest BCUT2D eigenvalue weighted by Crippen LogP contribution is -2.15. The molecule has 0 spiro atoms. The van der Waals surface area contributed by atoms with Gasteiger partial charge in [-0.2, -0.15) is 4.98 Å². The monoisotopic (exact) mass is 373 g/mol. The Bertz CT molecular complexity index is 922.